The van der Waals surface area contributed by atoms with E-state index >= 15 is 0 Å². The smallest absolute Gasteiger partial charge is 0.151 e. The van der Waals surface area contributed by atoms with Crippen LogP contribution < -0.4 is 4.74 Å². The molecule has 0 radical (unpaired) electrons. The van der Waals surface area contributed by atoms with Gasteiger partial charge in [-0.25, -0.2) is 0 Å². The average molecular weight is 445 g/mol. The third-order valence-corrected chi connectivity index (χ3v) is 5.63. The van der Waals surface area contributed by atoms with E-state index in [9.17, 15) is 0 Å². The van der Waals surface area contributed by atoms with Gasteiger partial charge in [-0.2, -0.15) is 0 Å². The fourth-order valence-corrected chi connectivity index (χ4v) is 3.99. The Morgan fingerprint density at radius 1 is 1.09 bits per heavy atom. The molecule has 2 aromatic heterocycles. The highest BCUT2D eigenvalue weighted by Crippen LogP contribution is 2.29. The molecule has 0 aliphatic heterocycles. The van der Waals surface area contributed by atoms with Crippen LogP contribution in [0.1, 0.15) is 30.7 Å². The van der Waals surface area contributed by atoms with Gasteiger partial charge < -0.3 is 18.5 Å². The topological polar surface area (TPSA) is 85.3 Å². The molecule has 33 heavy (non-hydrogen) atoms. The molecule has 0 saturated carbocycles. The van der Waals surface area contributed by atoms with E-state index in [1.165, 1.54) is 0 Å². The maximum absolute atomic E-state index is 8.49. The van der Waals surface area contributed by atoms with E-state index < -0.39 is 0 Å². The zero-order chi connectivity index (χ0) is 23.0. The van der Waals surface area contributed by atoms with Crippen molar-refractivity contribution in [2.24, 2.45) is 5.11 Å². The number of ether oxygens (including phenoxy) is 2. The highest BCUT2D eigenvalue weighted by molar-refractivity contribution is 5.82. The van der Waals surface area contributed by atoms with Gasteiger partial charge in [-0.15, -0.1) is 0 Å². The second-order valence-electron chi connectivity index (χ2n) is 7.76. The normalized spacial score (nSPS) is 11.9. The van der Waals surface area contributed by atoms with Gasteiger partial charge in [0.05, 0.1) is 18.3 Å². The van der Waals surface area contributed by atoms with Crippen molar-refractivity contribution in [3.63, 3.8) is 0 Å². The van der Waals surface area contributed by atoms with E-state index in [-0.39, 0.29) is 6.10 Å². The highest BCUT2D eigenvalue weighted by Gasteiger charge is 2.13. The number of aromatic nitrogens is 1. The summed E-state index contributed by atoms with van der Waals surface area (Å²) in [5, 5.41) is 4.71. The van der Waals surface area contributed by atoms with Gasteiger partial charge in [-0.1, -0.05) is 35.4 Å². The molecule has 7 heteroatoms. The minimum atomic E-state index is -0.0940. The number of azide groups is 1. The Kier molecular flexibility index (Phi) is 7.35. The van der Waals surface area contributed by atoms with E-state index in [4.69, 9.17) is 19.4 Å². The van der Waals surface area contributed by atoms with Crippen LogP contribution >= 0.6 is 0 Å². The molecular weight excluding hydrogens is 416 g/mol. The van der Waals surface area contributed by atoms with Crippen LogP contribution in [-0.2, 0) is 11.3 Å². The minimum absolute atomic E-state index is 0.0940. The predicted molar refractivity (Wildman–Crippen MR) is 129 cm³/mol. The fourth-order valence-electron chi connectivity index (χ4n) is 3.99. The fraction of sp³-hybridized carbons (Fsp3) is 0.308. The van der Waals surface area contributed by atoms with Crippen molar-refractivity contribution in [1.29, 1.82) is 0 Å². The van der Waals surface area contributed by atoms with Crippen LogP contribution in [0.15, 0.2) is 76.3 Å². The lowest BCUT2D eigenvalue weighted by molar-refractivity contribution is 0.0580. The molecule has 0 aliphatic carbocycles. The lowest BCUT2D eigenvalue weighted by Gasteiger charge is -2.17. The SMILES string of the molecule is CCOC(CCN=[N+]=[N-])c1ccc(OCCn2c(C)ccc2-c2cc3ccccc3o2)cc1. The van der Waals surface area contributed by atoms with E-state index in [1.54, 1.807) is 0 Å². The van der Waals surface area contributed by atoms with E-state index in [2.05, 4.69) is 45.8 Å². The number of fused-ring (bicyclic) bond motifs is 1. The largest absolute Gasteiger partial charge is 0.492 e. The summed E-state index contributed by atoms with van der Waals surface area (Å²) < 4.78 is 20.1. The quantitative estimate of drug-likeness (QED) is 0.141. The summed E-state index contributed by atoms with van der Waals surface area (Å²) in [7, 11) is 0. The van der Waals surface area contributed by atoms with Gasteiger partial charge in [-0.3, -0.25) is 0 Å². The Labute approximate surface area is 193 Å². The first kappa shape index (κ1) is 22.5. The van der Waals surface area contributed by atoms with Gasteiger partial charge in [0.15, 0.2) is 5.76 Å². The Balaban J connectivity index is 1.39. The Bertz CT molecular complexity index is 1200. The number of hydrogen-bond donors (Lipinski definition) is 0. The third-order valence-electron chi connectivity index (χ3n) is 5.63. The summed E-state index contributed by atoms with van der Waals surface area (Å²) in [6.45, 7) is 6.30. The molecule has 7 nitrogen and oxygen atoms in total. The first-order valence-corrected chi connectivity index (χ1v) is 11.2. The maximum Gasteiger partial charge on any atom is 0.151 e. The molecule has 1 unspecified atom stereocenters. The summed E-state index contributed by atoms with van der Waals surface area (Å²) >= 11 is 0. The third kappa shape index (κ3) is 5.40. The van der Waals surface area contributed by atoms with E-state index in [0.29, 0.717) is 32.7 Å². The van der Waals surface area contributed by atoms with Gasteiger partial charge in [0.25, 0.3) is 0 Å². The summed E-state index contributed by atoms with van der Waals surface area (Å²) in [6, 6.07) is 22.2. The van der Waals surface area contributed by atoms with Crippen molar-refractivity contribution in [1.82, 2.24) is 4.57 Å². The van der Waals surface area contributed by atoms with Crippen molar-refractivity contribution in [2.75, 3.05) is 19.8 Å². The summed E-state index contributed by atoms with van der Waals surface area (Å²) in [5.41, 5.74) is 12.6. The minimum Gasteiger partial charge on any atom is -0.492 e. The summed E-state index contributed by atoms with van der Waals surface area (Å²) in [5.74, 6) is 1.66. The lowest BCUT2D eigenvalue weighted by Crippen LogP contribution is -2.10. The number of aryl methyl sites for hydroxylation is 1. The van der Waals surface area contributed by atoms with Crippen molar-refractivity contribution in [3.05, 3.63) is 88.4 Å². The zero-order valence-electron chi connectivity index (χ0n) is 19.0. The first-order valence-electron chi connectivity index (χ1n) is 11.2. The monoisotopic (exact) mass is 444 g/mol. The van der Waals surface area contributed by atoms with Crippen molar-refractivity contribution in [2.45, 2.75) is 32.9 Å². The maximum atomic E-state index is 8.49. The Hall–Kier alpha value is -3.67. The molecular formula is C26H28N4O3. The molecule has 0 bridgehead atoms. The summed E-state index contributed by atoms with van der Waals surface area (Å²) in [6.07, 6.45) is 0.554. The second kappa shape index (κ2) is 10.8. The average Bonchev–Trinajstić information content (AvgIpc) is 3.42. The Morgan fingerprint density at radius 2 is 1.91 bits per heavy atom. The predicted octanol–water partition coefficient (Wildman–Crippen LogP) is 7.07. The molecule has 2 aromatic carbocycles. The summed E-state index contributed by atoms with van der Waals surface area (Å²) in [4.78, 5) is 2.81. The van der Waals surface area contributed by atoms with Crippen molar-refractivity contribution < 1.29 is 13.9 Å². The number of hydrogen-bond acceptors (Lipinski definition) is 4. The van der Waals surface area contributed by atoms with Crippen LogP contribution in [0.2, 0.25) is 0 Å². The Morgan fingerprint density at radius 3 is 2.67 bits per heavy atom. The number of nitrogens with zero attached hydrogens (tertiary/aromatic N) is 4. The van der Waals surface area contributed by atoms with Gasteiger partial charge in [0.2, 0.25) is 0 Å². The number of para-hydroxylation sites is 1. The number of rotatable bonds is 11. The van der Waals surface area contributed by atoms with Crippen molar-refractivity contribution in [3.8, 4) is 17.2 Å². The second-order valence-corrected chi connectivity index (χ2v) is 7.76. The highest BCUT2D eigenvalue weighted by atomic mass is 16.5. The van der Waals surface area contributed by atoms with Crippen LogP contribution in [0.25, 0.3) is 32.9 Å². The molecule has 0 fully saturated rings. The molecule has 4 aromatic rings. The van der Waals surface area contributed by atoms with Gasteiger partial charge in [0, 0.05) is 29.1 Å². The van der Waals surface area contributed by atoms with Crippen molar-refractivity contribution >= 4 is 11.0 Å². The number of benzene rings is 2. The molecule has 2 heterocycles. The van der Waals surface area contributed by atoms with Gasteiger partial charge >= 0.3 is 0 Å². The molecule has 1 atom stereocenters. The van der Waals surface area contributed by atoms with Crippen LogP contribution in [0, 0.1) is 6.92 Å². The van der Waals surface area contributed by atoms with Gasteiger partial charge in [0.1, 0.15) is 17.9 Å². The number of furan rings is 1. The molecule has 0 saturated heterocycles. The zero-order valence-corrected chi connectivity index (χ0v) is 19.0. The molecule has 4 rings (SSSR count). The van der Waals surface area contributed by atoms with Crippen LogP contribution in [-0.4, -0.2) is 24.3 Å². The van der Waals surface area contributed by atoms with E-state index in [0.717, 1.165) is 39.4 Å². The first-order chi connectivity index (χ1) is 16.2. The molecule has 0 aliphatic rings. The standard InChI is InChI=1S/C26H28N4O3/c1-3-31-24(14-15-28-29-27)20-9-11-22(12-10-20)32-17-16-30-19(2)8-13-23(30)26-18-21-6-4-5-7-25(21)33-26/h4-13,18,24H,3,14-17H2,1-2H3. The van der Waals surface area contributed by atoms with Gasteiger partial charge in [-0.05, 0) is 67.8 Å². The molecule has 0 N–H and O–H groups in total. The molecule has 170 valence electrons. The lowest BCUT2D eigenvalue weighted by atomic mass is 10.1. The van der Waals surface area contributed by atoms with Crippen LogP contribution in [0.3, 0.4) is 0 Å². The molecule has 0 spiro atoms. The van der Waals surface area contributed by atoms with Crippen LogP contribution in [0.4, 0.5) is 0 Å². The van der Waals surface area contributed by atoms with E-state index in [1.807, 2.05) is 49.4 Å². The van der Waals surface area contributed by atoms with Crippen LogP contribution in [0.5, 0.6) is 5.75 Å². The molecule has 0 amide bonds.